The zero-order valence-corrected chi connectivity index (χ0v) is 9.18. The van der Waals surface area contributed by atoms with Gasteiger partial charge in [0.2, 0.25) is 0 Å². The summed E-state index contributed by atoms with van der Waals surface area (Å²) in [6.07, 6.45) is 0. The van der Waals surface area contributed by atoms with E-state index in [0.717, 1.165) is 0 Å². The minimum atomic E-state index is -0.750. The van der Waals surface area contributed by atoms with Gasteiger partial charge in [0.05, 0.1) is 11.1 Å². The van der Waals surface area contributed by atoms with Crippen LogP contribution in [0.2, 0.25) is 0 Å². The van der Waals surface area contributed by atoms with E-state index in [9.17, 15) is 0 Å². The van der Waals surface area contributed by atoms with E-state index in [1.54, 1.807) is 24.3 Å². The zero-order chi connectivity index (χ0) is 11.0. The summed E-state index contributed by atoms with van der Waals surface area (Å²) in [5, 5.41) is 16.9. The van der Waals surface area contributed by atoms with Crippen molar-refractivity contribution in [2.75, 3.05) is 0 Å². The predicted molar refractivity (Wildman–Crippen MR) is 59.2 cm³/mol. The Morgan fingerprint density at radius 3 is 1.43 bits per heavy atom. The lowest BCUT2D eigenvalue weighted by molar-refractivity contribution is 1.43. The Morgan fingerprint density at radius 2 is 1.21 bits per heavy atom. The molecule has 0 fully saturated rings. The SMILES string of the molecule is ClB(Cl)Cl.N#Cc1ccccc1C#N. The molecule has 0 unspecified atom stereocenters. The molecule has 0 aliphatic carbocycles. The maximum atomic E-state index is 8.45. The van der Waals surface area contributed by atoms with Crippen LogP contribution in [0, 0.1) is 22.7 Å². The summed E-state index contributed by atoms with van der Waals surface area (Å²) < 4.78 is 0. The Balaban J connectivity index is 0.000000364. The zero-order valence-electron chi connectivity index (χ0n) is 6.92. The monoisotopic (exact) mass is 244 g/mol. The third kappa shape index (κ3) is 5.72. The highest BCUT2D eigenvalue weighted by molar-refractivity contribution is 7.54. The summed E-state index contributed by atoms with van der Waals surface area (Å²) in [6, 6.07) is 10.6. The lowest BCUT2D eigenvalue weighted by Crippen LogP contribution is -1.79. The smallest absolute Gasteiger partial charge is 0.192 e. The summed E-state index contributed by atoms with van der Waals surface area (Å²) >= 11 is 14.4. The summed E-state index contributed by atoms with van der Waals surface area (Å²) in [6.45, 7) is 0. The standard InChI is InChI=1S/C8H4N2.BCl3/c9-5-7-3-1-2-4-8(7)6-10;2-1(3)4/h1-4H;. The van der Waals surface area contributed by atoms with Gasteiger partial charge >= 0.3 is 4.96 Å². The molecule has 1 rings (SSSR count). The van der Waals surface area contributed by atoms with Gasteiger partial charge in [-0.3, -0.25) is 0 Å². The van der Waals surface area contributed by atoms with Gasteiger partial charge in [-0.1, -0.05) is 12.1 Å². The molecular formula is C8H4BCl3N2. The molecular weight excluding hydrogens is 241 g/mol. The van der Waals surface area contributed by atoms with Crippen molar-refractivity contribution < 1.29 is 0 Å². The van der Waals surface area contributed by atoms with Gasteiger partial charge < -0.3 is 0 Å². The molecule has 0 N–H and O–H groups in total. The Morgan fingerprint density at radius 1 is 0.929 bits per heavy atom. The molecule has 0 saturated carbocycles. The molecule has 2 nitrogen and oxygen atoms in total. The predicted octanol–water partition coefficient (Wildman–Crippen LogP) is 3.12. The molecule has 0 amide bonds. The van der Waals surface area contributed by atoms with Crippen molar-refractivity contribution >= 4 is 39.3 Å². The van der Waals surface area contributed by atoms with E-state index in [-0.39, 0.29) is 0 Å². The molecule has 0 radical (unpaired) electrons. The number of rotatable bonds is 0. The van der Waals surface area contributed by atoms with E-state index in [2.05, 4.69) is 0 Å². The van der Waals surface area contributed by atoms with Gasteiger partial charge in [0.1, 0.15) is 12.1 Å². The second-order valence-electron chi connectivity index (χ2n) is 2.02. The van der Waals surface area contributed by atoms with Gasteiger partial charge in [0.15, 0.2) is 0 Å². The van der Waals surface area contributed by atoms with E-state index in [0.29, 0.717) is 11.1 Å². The van der Waals surface area contributed by atoms with Crippen molar-refractivity contribution in [3.8, 4) is 12.1 Å². The summed E-state index contributed by atoms with van der Waals surface area (Å²) in [5.41, 5.74) is 0.870. The highest BCUT2D eigenvalue weighted by atomic mass is 35.6. The van der Waals surface area contributed by atoms with Crippen LogP contribution in [0.15, 0.2) is 24.3 Å². The highest BCUT2D eigenvalue weighted by Gasteiger charge is 1.95. The Labute approximate surface area is 97.4 Å². The van der Waals surface area contributed by atoms with Crippen LogP contribution >= 0.6 is 34.4 Å². The first-order chi connectivity index (χ1) is 6.61. The molecule has 0 aliphatic rings. The van der Waals surface area contributed by atoms with Crippen LogP contribution in [-0.4, -0.2) is 4.96 Å². The fourth-order valence-electron chi connectivity index (χ4n) is 0.678. The normalized spacial score (nSPS) is 7.50. The lowest BCUT2D eigenvalue weighted by Gasteiger charge is -1.88. The maximum Gasteiger partial charge on any atom is 0.450 e. The Hall–Kier alpha value is -0.865. The molecule has 0 saturated heterocycles. The number of nitrogens with zero attached hydrogens (tertiary/aromatic N) is 2. The molecule has 1 aromatic rings. The Kier molecular flexibility index (Phi) is 7.07. The van der Waals surface area contributed by atoms with Crippen molar-refractivity contribution in [3.63, 3.8) is 0 Å². The summed E-state index contributed by atoms with van der Waals surface area (Å²) in [7, 11) is 0. The molecule has 0 atom stereocenters. The van der Waals surface area contributed by atoms with E-state index in [4.69, 9.17) is 44.9 Å². The maximum absolute atomic E-state index is 8.45. The van der Waals surface area contributed by atoms with Gasteiger partial charge in [-0.2, -0.15) is 44.9 Å². The topological polar surface area (TPSA) is 47.6 Å². The second-order valence-corrected chi connectivity index (χ2v) is 4.00. The van der Waals surface area contributed by atoms with Crippen LogP contribution in [0.25, 0.3) is 0 Å². The van der Waals surface area contributed by atoms with E-state index < -0.39 is 4.96 Å². The third-order valence-electron chi connectivity index (χ3n) is 1.17. The summed E-state index contributed by atoms with van der Waals surface area (Å²) in [5.74, 6) is 0. The molecule has 0 heterocycles. The second kappa shape index (κ2) is 7.53. The molecule has 1 aromatic carbocycles. The van der Waals surface area contributed by atoms with E-state index in [1.807, 2.05) is 12.1 Å². The largest absolute Gasteiger partial charge is 0.450 e. The van der Waals surface area contributed by atoms with Crippen molar-refractivity contribution in [1.29, 1.82) is 10.5 Å². The van der Waals surface area contributed by atoms with E-state index in [1.165, 1.54) is 0 Å². The quantitative estimate of drug-likeness (QED) is 0.659. The van der Waals surface area contributed by atoms with Crippen LogP contribution in [0.3, 0.4) is 0 Å². The molecule has 0 aromatic heterocycles. The number of halogens is 3. The van der Waals surface area contributed by atoms with Crippen LogP contribution in [-0.2, 0) is 0 Å². The van der Waals surface area contributed by atoms with Gasteiger partial charge in [-0.25, -0.2) is 0 Å². The fourth-order valence-corrected chi connectivity index (χ4v) is 0.678. The first-order valence-corrected chi connectivity index (χ1v) is 4.74. The molecule has 0 aliphatic heterocycles. The minimum absolute atomic E-state index is 0.435. The van der Waals surface area contributed by atoms with Crippen LogP contribution in [0.1, 0.15) is 11.1 Å². The fraction of sp³-hybridized carbons (Fsp3) is 0. The number of hydrogen-bond acceptors (Lipinski definition) is 2. The van der Waals surface area contributed by atoms with Gasteiger partial charge in [0, 0.05) is 0 Å². The van der Waals surface area contributed by atoms with Gasteiger partial charge in [-0.05, 0) is 12.1 Å². The average Bonchev–Trinajstić information content (AvgIpc) is 2.17. The van der Waals surface area contributed by atoms with Crippen LogP contribution in [0.4, 0.5) is 0 Å². The highest BCUT2D eigenvalue weighted by Crippen LogP contribution is 2.03. The van der Waals surface area contributed by atoms with Crippen molar-refractivity contribution in [2.45, 2.75) is 0 Å². The Bertz CT molecular complexity index is 332. The first-order valence-electron chi connectivity index (χ1n) is 3.43. The molecule has 6 heteroatoms. The van der Waals surface area contributed by atoms with Crippen molar-refractivity contribution in [3.05, 3.63) is 35.4 Å². The lowest BCUT2D eigenvalue weighted by atomic mass is 10.1. The molecule has 0 bridgehead atoms. The molecule has 0 spiro atoms. The van der Waals surface area contributed by atoms with Crippen molar-refractivity contribution in [1.82, 2.24) is 0 Å². The number of hydrogen-bond donors (Lipinski definition) is 0. The third-order valence-corrected chi connectivity index (χ3v) is 1.17. The van der Waals surface area contributed by atoms with Gasteiger partial charge in [-0.15, -0.1) is 0 Å². The van der Waals surface area contributed by atoms with Gasteiger partial charge in [0.25, 0.3) is 0 Å². The molecule has 14 heavy (non-hydrogen) atoms. The molecule has 70 valence electrons. The van der Waals surface area contributed by atoms with Crippen molar-refractivity contribution in [2.24, 2.45) is 0 Å². The van der Waals surface area contributed by atoms with E-state index >= 15 is 0 Å². The van der Waals surface area contributed by atoms with Crippen LogP contribution < -0.4 is 0 Å². The minimum Gasteiger partial charge on any atom is -0.192 e. The summed E-state index contributed by atoms with van der Waals surface area (Å²) in [4.78, 5) is -0.750. The average molecular weight is 245 g/mol. The number of benzene rings is 1. The number of nitriles is 2. The van der Waals surface area contributed by atoms with Crippen LogP contribution in [0.5, 0.6) is 0 Å². The first kappa shape index (κ1) is 13.1.